The quantitative estimate of drug-likeness (QED) is 0.902. The van der Waals surface area contributed by atoms with Crippen LogP contribution in [-0.2, 0) is 9.47 Å². The van der Waals surface area contributed by atoms with Crippen LogP contribution >= 0.6 is 11.8 Å². The fourth-order valence-electron chi connectivity index (χ4n) is 2.51. The highest BCUT2D eigenvalue weighted by Crippen LogP contribution is 2.33. The third-order valence-electron chi connectivity index (χ3n) is 3.51. The molecule has 0 aromatic carbocycles. The molecule has 0 spiro atoms. The van der Waals surface area contributed by atoms with E-state index in [2.05, 4.69) is 21.2 Å². The summed E-state index contributed by atoms with van der Waals surface area (Å²) in [6.45, 7) is 0. The number of fused-ring (bicyclic) bond motifs is 1. The van der Waals surface area contributed by atoms with Crippen LogP contribution in [0.25, 0.3) is 11.2 Å². The number of aromatic nitrogens is 4. The zero-order valence-electron chi connectivity index (χ0n) is 11.4. The van der Waals surface area contributed by atoms with E-state index < -0.39 is 0 Å². The van der Waals surface area contributed by atoms with Gasteiger partial charge in [0.1, 0.15) is 18.1 Å². The van der Waals surface area contributed by atoms with Gasteiger partial charge >= 0.3 is 0 Å². The molecule has 2 aromatic heterocycles. The zero-order valence-corrected chi connectivity index (χ0v) is 12.2. The Labute approximate surface area is 120 Å². The molecule has 7 nitrogen and oxygen atoms in total. The molecule has 1 aliphatic rings. The minimum Gasteiger partial charge on any atom is -0.382 e. The van der Waals surface area contributed by atoms with E-state index in [1.807, 2.05) is 4.57 Å². The Hall–Kier alpha value is -1.38. The minimum atomic E-state index is -0.128. The fourth-order valence-corrected chi connectivity index (χ4v) is 3.14. The van der Waals surface area contributed by atoms with Crippen molar-refractivity contribution in [2.24, 2.45) is 0 Å². The summed E-state index contributed by atoms with van der Waals surface area (Å²) >= 11 is 1.75. The average Bonchev–Trinajstić information content (AvgIpc) is 3.03. The maximum atomic E-state index is 6.07. The first-order chi connectivity index (χ1) is 9.74. The predicted octanol–water partition coefficient (Wildman–Crippen LogP) is 1.07. The number of imidazole rings is 1. The molecule has 108 valence electrons. The van der Waals surface area contributed by atoms with Crippen LogP contribution in [0.5, 0.6) is 0 Å². The number of hydrogen-bond donors (Lipinski definition) is 1. The largest absolute Gasteiger partial charge is 0.382 e. The van der Waals surface area contributed by atoms with Gasteiger partial charge in [0.25, 0.3) is 0 Å². The average molecular weight is 295 g/mol. The number of nitrogens with two attached hydrogens (primary N) is 1. The molecular weight excluding hydrogens is 278 g/mol. The van der Waals surface area contributed by atoms with Gasteiger partial charge in [-0.2, -0.15) is 11.8 Å². The topological polar surface area (TPSA) is 88.1 Å². The van der Waals surface area contributed by atoms with Crippen molar-refractivity contribution in [3.63, 3.8) is 0 Å². The number of rotatable bonds is 4. The van der Waals surface area contributed by atoms with Crippen molar-refractivity contribution in [1.29, 1.82) is 0 Å². The van der Waals surface area contributed by atoms with E-state index in [4.69, 9.17) is 15.2 Å². The van der Waals surface area contributed by atoms with Gasteiger partial charge in [0, 0.05) is 19.3 Å². The Balaban J connectivity index is 1.90. The van der Waals surface area contributed by atoms with Gasteiger partial charge in [-0.1, -0.05) is 0 Å². The second-order valence-electron chi connectivity index (χ2n) is 4.68. The summed E-state index contributed by atoms with van der Waals surface area (Å²) in [5, 5.41) is 0. The smallest absolute Gasteiger partial charge is 0.167 e. The van der Waals surface area contributed by atoms with Crippen molar-refractivity contribution in [2.75, 3.05) is 24.9 Å². The van der Waals surface area contributed by atoms with Gasteiger partial charge in [-0.05, 0) is 6.26 Å². The SMILES string of the molecule is COC1C[C@H](n2cnc3c(N)ncnc32)O[C@@H]1CSC. The molecule has 0 bridgehead atoms. The minimum absolute atomic E-state index is 0.0802. The van der Waals surface area contributed by atoms with Crippen LogP contribution in [0.3, 0.4) is 0 Å². The first-order valence-electron chi connectivity index (χ1n) is 6.34. The van der Waals surface area contributed by atoms with E-state index in [0.29, 0.717) is 17.0 Å². The number of nitrogens with zero attached hydrogens (tertiary/aromatic N) is 4. The summed E-state index contributed by atoms with van der Waals surface area (Å²) in [4.78, 5) is 12.5. The van der Waals surface area contributed by atoms with Crippen LogP contribution in [0.1, 0.15) is 12.6 Å². The van der Waals surface area contributed by atoms with E-state index >= 15 is 0 Å². The van der Waals surface area contributed by atoms with Crippen molar-refractivity contribution in [3.05, 3.63) is 12.7 Å². The molecule has 0 radical (unpaired) electrons. The van der Waals surface area contributed by atoms with Crippen LogP contribution < -0.4 is 5.73 Å². The van der Waals surface area contributed by atoms with Crippen LogP contribution in [0, 0.1) is 0 Å². The summed E-state index contributed by atoms with van der Waals surface area (Å²) in [5.74, 6) is 1.29. The van der Waals surface area contributed by atoms with E-state index in [1.165, 1.54) is 6.33 Å². The van der Waals surface area contributed by atoms with Crippen LogP contribution in [-0.4, -0.2) is 50.8 Å². The highest BCUT2D eigenvalue weighted by Gasteiger charge is 2.36. The Morgan fingerprint density at radius 1 is 1.50 bits per heavy atom. The molecule has 3 rings (SSSR count). The standard InChI is InChI=1S/C12H17N5O2S/c1-18-7-3-9(19-8(7)4-20-2)17-6-16-10-11(13)14-5-15-12(10)17/h5-9H,3-4H2,1-2H3,(H2,13,14,15)/t7?,8-,9-/m1/s1. The second-order valence-corrected chi connectivity index (χ2v) is 5.59. The number of anilines is 1. The van der Waals surface area contributed by atoms with Crippen LogP contribution in [0.2, 0.25) is 0 Å². The summed E-state index contributed by atoms with van der Waals surface area (Å²) in [5.41, 5.74) is 7.11. The van der Waals surface area contributed by atoms with Crippen molar-refractivity contribution < 1.29 is 9.47 Å². The molecular formula is C12H17N5O2S. The molecule has 3 atom stereocenters. The molecule has 0 amide bonds. The van der Waals surface area contributed by atoms with Crippen LogP contribution in [0.4, 0.5) is 5.82 Å². The number of methoxy groups -OCH3 is 1. The van der Waals surface area contributed by atoms with Crippen molar-refractivity contribution in [3.8, 4) is 0 Å². The molecule has 1 aliphatic heterocycles. The van der Waals surface area contributed by atoms with E-state index in [0.717, 1.165) is 12.2 Å². The normalized spacial score (nSPS) is 26.4. The molecule has 0 aliphatic carbocycles. The van der Waals surface area contributed by atoms with Gasteiger partial charge < -0.3 is 15.2 Å². The lowest BCUT2D eigenvalue weighted by molar-refractivity contribution is -0.0129. The molecule has 8 heteroatoms. The van der Waals surface area contributed by atoms with Gasteiger partial charge in [-0.3, -0.25) is 4.57 Å². The lowest BCUT2D eigenvalue weighted by Crippen LogP contribution is -2.25. The zero-order chi connectivity index (χ0) is 14.1. The highest BCUT2D eigenvalue weighted by atomic mass is 32.2. The van der Waals surface area contributed by atoms with E-state index in [9.17, 15) is 0 Å². The Morgan fingerprint density at radius 2 is 2.35 bits per heavy atom. The second kappa shape index (κ2) is 5.55. The number of ether oxygens (including phenoxy) is 2. The predicted molar refractivity (Wildman–Crippen MR) is 77.4 cm³/mol. The third kappa shape index (κ3) is 2.23. The summed E-state index contributed by atoms with van der Waals surface area (Å²) in [7, 11) is 1.72. The maximum absolute atomic E-state index is 6.07. The number of nitrogen functional groups attached to an aromatic ring is 1. The first kappa shape index (κ1) is 13.6. The fraction of sp³-hybridized carbons (Fsp3) is 0.583. The monoisotopic (exact) mass is 295 g/mol. The molecule has 3 heterocycles. The number of thioether (sulfide) groups is 1. The van der Waals surface area contributed by atoms with Crippen molar-refractivity contribution in [1.82, 2.24) is 19.5 Å². The summed E-state index contributed by atoms with van der Waals surface area (Å²) in [6.07, 6.45) is 6.02. The Kier molecular flexibility index (Phi) is 3.77. The molecule has 2 aromatic rings. The first-order valence-corrected chi connectivity index (χ1v) is 7.74. The van der Waals surface area contributed by atoms with Gasteiger partial charge in [0.15, 0.2) is 11.5 Å². The van der Waals surface area contributed by atoms with E-state index in [1.54, 1.807) is 25.2 Å². The van der Waals surface area contributed by atoms with Gasteiger partial charge in [-0.15, -0.1) is 0 Å². The Morgan fingerprint density at radius 3 is 3.10 bits per heavy atom. The Bertz CT molecular complexity index is 605. The van der Waals surface area contributed by atoms with Crippen molar-refractivity contribution >= 4 is 28.7 Å². The van der Waals surface area contributed by atoms with E-state index in [-0.39, 0.29) is 18.4 Å². The molecule has 1 saturated heterocycles. The summed E-state index contributed by atoms with van der Waals surface area (Å²) < 4.78 is 13.5. The van der Waals surface area contributed by atoms with Gasteiger partial charge in [0.05, 0.1) is 18.5 Å². The number of hydrogen-bond acceptors (Lipinski definition) is 7. The van der Waals surface area contributed by atoms with Gasteiger partial charge in [-0.25, -0.2) is 15.0 Å². The molecule has 1 unspecified atom stereocenters. The third-order valence-corrected chi connectivity index (χ3v) is 4.17. The lowest BCUT2D eigenvalue weighted by Gasteiger charge is -2.15. The molecule has 2 N–H and O–H groups in total. The van der Waals surface area contributed by atoms with Gasteiger partial charge in [0.2, 0.25) is 0 Å². The molecule has 1 fully saturated rings. The summed E-state index contributed by atoms with van der Waals surface area (Å²) in [6, 6.07) is 0. The molecule has 20 heavy (non-hydrogen) atoms. The highest BCUT2D eigenvalue weighted by molar-refractivity contribution is 7.98. The van der Waals surface area contributed by atoms with Crippen LogP contribution in [0.15, 0.2) is 12.7 Å². The lowest BCUT2D eigenvalue weighted by atomic mass is 10.2. The van der Waals surface area contributed by atoms with Crippen molar-refractivity contribution in [2.45, 2.75) is 24.9 Å². The maximum Gasteiger partial charge on any atom is 0.167 e. The molecule has 0 saturated carbocycles.